The summed E-state index contributed by atoms with van der Waals surface area (Å²) in [7, 11) is 2.00. The molecule has 0 spiro atoms. The second-order valence-electron chi connectivity index (χ2n) is 7.39. The molecule has 1 aromatic heterocycles. The monoisotopic (exact) mass is 435 g/mol. The Bertz CT molecular complexity index is 738. The van der Waals surface area contributed by atoms with Crippen molar-refractivity contribution in [2.75, 3.05) is 76.6 Å². The van der Waals surface area contributed by atoms with E-state index in [1.165, 1.54) is 5.69 Å². The fourth-order valence-electron chi connectivity index (χ4n) is 3.07. The first-order valence-electron chi connectivity index (χ1n) is 11.0. The lowest BCUT2D eigenvalue weighted by Gasteiger charge is -2.23. The minimum Gasteiger partial charge on any atom is -0.399 e. The van der Waals surface area contributed by atoms with Crippen LogP contribution in [0.2, 0.25) is 0 Å². The van der Waals surface area contributed by atoms with Crippen LogP contribution in [0.5, 0.6) is 0 Å². The molecule has 0 radical (unpaired) electrons. The molecule has 0 amide bonds. The summed E-state index contributed by atoms with van der Waals surface area (Å²) in [6.07, 6.45) is 6.07. The molecule has 0 saturated heterocycles. The molecule has 0 aliphatic rings. The number of ether oxygens (including phenoxy) is 4. The molecule has 0 atom stereocenters. The minimum absolute atomic E-state index is 0.565. The Balaban J connectivity index is 1.38. The highest BCUT2D eigenvalue weighted by atomic mass is 16.6. The third-order valence-corrected chi connectivity index (χ3v) is 4.94. The Labute approximate surface area is 186 Å². The molecule has 0 aliphatic carbocycles. The fourth-order valence-corrected chi connectivity index (χ4v) is 3.07. The molecule has 2 rings (SSSR count). The van der Waals surface area contributed by atoms with Gasteiger partial charge in [0.1, 0.15) is 18.9 Å². The van der Waals surface area contributed by atoms with Crippen LogP contribution in [0.15, 0.2) is 36.9 Å². The summed E-state index contributed by atoms with van der Waals surface area (Å²) in [6.45, 7) is 11.6. The Hall–Kier alpha value is -2.13. The maximum atomic E-state index is 5.90. The van der Waals surface area contributed by atoms with E-state index in [0.29, 0.717) is 52.9 Å². The van der Waals surface area contributed by atoms with Crippen molar-refractivity contribution >= 4 is 11.4 Å². The van der Waals surface area contributed by atoms with E-state index in [4.69, 9.17) is 24.7 Å². The number of nitrogen functional groups attached to an aromatic ring is 1. The van der Waals surface area contributed by atoms with E-state index in [9.17, 15) is 0 Å². The van der Waals surface area contributed by atoms with Crippen LogP contribution in [0.25, 0.3) is 0 Å². The number of anilines is 2. The SMILES string of the molecule is CCN(CCOCCOCCOCCOCCn1cc[n+](C)c1)c1ccc(N)c(C)c1. The van der Waals surface area contributed by atoms with E-state index >= 15 is 0 Å². The molecule has 1 heterocycles. The number of hydrogen-bond acceptors (Lipinski definition) is 6. The summed E-state index contributed by atoms with van der Waals surface area (Å²) in [6, 6.07) is 6.14. The largest absolute Gasteiger partial charge is 0.399 e. The van der Waals surface area contributed by atoms with Gasteiger partial charge in [-0.15, -0.1) is 0 Å². The maximum Gasteiger partial charge on any atom is 0.243 e. The second kappa shape index (κ2) is 14.8. The standard InChI is InChI=1S/C23H39N4O4/c1-4-27(22-5-6-23(24)21(2)19-22)10-12-29-14-16-31-18-17-30-15-13-28-11-9-26-8-7-25(3)20-26/h5-8,19-20H,4,9-18,24H2,1-3H3/q+1. The first-order valence-corrected chi connectivity index (χ1v) is 11.0. The Kier molecular flexibility index (Phi) is 12.0. The fraction of sp³-hybridized carbons (Fsp3) is 0.609. The van der Waals surface area contributed by atoms with Crippen LogP contribution in [0.4, 0.5) is 11.4 Å². The molecule has 0 fully saturated rings. The van der Waals surface area contributed by atoms with Crippen molar-refractivity contribution in [3.05, 3.63) is 42.5 Å². The van der Waals surface area contributed by atoms with Crippen molar-refractivity contribution in [1.82, 2.24) is 4.57 Å². The van der Waals surface area contributed by atoms with Gasteiger partial charge < -0.3 is 29.6 Å². The van der Waals surface area contributed by atoms with E-state index in [0.717, 1.165) is 30.9 Å². The predicted octanol–water partition coefficient (Wildman–Crippen LogP) is 1.80. The van der Waals surface area contributed by atoms with E-state index in [1.54, 1.807) is 0 Å². The molecular formula is C23H39N4O4+. The van der Waals surface area contributed by atoms with Gasteiger partial charge in [0.25, 0.3) is 0 Å². The van der Waals surface area contributed by atoms with Crippen LogP contribution in [0.3, 0.4) is 0 Å². The molecule has 174 valence electrons. The summed E-state index contributed by atoms with van der Waals surface area (Å²) < 4.78 is 26.4. The lowest BCUT2D eigenvalue weighted by molar-refractivity contribution is -0.671. The van der Waals surface area contributed by atoms with Crippen molar-refractivity contribution < 1.29 is 23.5 Å². The molecule has 8 nitrogen and oxygen atoms in total. The number of imidazole rings is 1. The van der Waals surface area contributed by atoms with Crippen LogP contribution in [0.1, 0.15) is 12.5 Å². The van der Waals surface area contributed by atoms with E-state index < -0.39 is 0 Å². The highest BCUT2D eigenvalue weighted by molar-refractivity contribution is 5.57. The third kappa shape index (κ3) is 10.1. The number of benzene rings is 1. The Morgan fingerprint density at radius 3 is 2.10 bits per heavy atom. The summed E-state index contributed by atoms with van der Waals surface area (Å²) in [4.78, 5) is 2.28. The average molecular weight is 436 g/mol. The summed E-state index contributed by atoms with van der Waals surface area (Å²) in [5.74, 6) is 0. The molecule has 31 heavy (non-hydrogen) atoms. The van der Waals surface area contributed by atoms with Gasteiger partial charge >= 0.3 is 0 Å². The van der Waals surface area contributed by atoms with E-state index in [2.05, 4.69) is 28.5 Å². The number of nitrogens with zero attached hydrogens (tertiary/aromatic N) is 3. The van der Waals surface area contributed by atoms with Crippen LogP contribution in [0, 0.1) is 6.92 Å². The van der Waals surface area contributed by atoms with Gasteiger partial charge in [-0.25, -0.2) is 9.13 Å². The molecule has 2 aromatic rings. The zero-order valence-electron chi connectivity index (χ0n) is 19.3. The number of aryl methyl sites for hydroxylation is 2. The highest BCUT2D eigenvalue weighted by Gasteiger charge is 2.05. The van der Waals surface area contributed by atoms with Crippen molar-refractivity contribution in [2.45, 2.75) is 20.4 Å². The van der Waals surface area contributed by atoms with Crippen LogP contribution < -0.4 is 15.2 Å². The van der Waals surface area contributed by atoms with Gasteiger partial charge in [-0.2, -0.15) is 0 Å². The Morgan fingerprint density at radius 2 is 1.55 bits per heavy atom. The van der Waals surface area contributed by atoms with Gasteiger partial charge in [-0.05, 0) is 37.6 Å². The van der Waals surface area contributed by atoms with Crippen LogP contribution >= 0.6 is 0 Å². The zero-order valence-corrected chi connectivity index (χ0v) is 19.3. The highest BCUT2D eigenvalue weighted by Crippen LogP contribution is 2.20. The summed E-state index contributed by atoms with van der Waals surface area (Å²) >= 11 is 0. The third-order valence-electron chi connectivity index (χ3n) is 4.94. The average Bonchev–Trinajstić information content (AvgIpc) is 3.18. The van der Waals surface area contributed by atoms with Crippen molar-refractivity contribution in [3.63, 3.8) is 0 Å². The molecule has 1 aromatic carbocycles. The second-order valence-corrected chi connectivity index (χ2v) is 7.39. The van der Waals surface area contributed by atoms with Gasteiger partial charge in [0.2, 0.25) is 6.33 Å². The maximum absolute atomic E-state index is 5.90. The Morgan fingerprint density at radius 1 is 0.935 bits per heavy atom. The molecule has 0 saturated carbocycles. The van der Waals surface area contributed by atoms with Gasteiger partial charge in [0, 0.05) is 24.5 Å². The lowest BCUT2D eigenvalue weighted by Crippen LogP contribution is -2.27. The summed E-state index contributed by atoms with van der Waals surface area (Å²) in [5.41, 5.74) is 9.01. The summed E-state index contributed by atoms with van der Waals surface area (Å²) in [5, 5.41) is 0. The van der Waals surface area contributed by atoms with Crippen LogP contribution in [-0.4, -0.2) is 70.5 Å². The molecule has 0 bridgehead atoms. The molecule has 2 N–H and O–H groups in total. The van der Waals surface area contributed by atoms with Crippen molar-refractivity contribution in [2.24, 2.45) is 7.05 Å². The molecule has 0 unspecified atom stereocenters. The van der Waals surface area contributed by atoms with Crippen LogP contribution in [-0.2, 0) is 32.5 Å². The first-order chi connectivity index (χ1) is 15.1. The number of rotatable bonds is 17. The molecule has 0 aliphatic heterocycles. The smallest absolute Gasteiger partial charge is 0.243 e. The number of likely N-dealkylation sites (N-methyl/N-ethyl adjacent to an activating group) is 1. The lowest BCUT2D eigenvalue weighted by atomic mass is 10.1. The number of nitrogens with two attached hydrogens (primary N) is 1. The quantitative estimate of drug-likeness (QED) is 0.232. The molecule has 8 heteroatoms. The number of hydrogen-bond donors (Lipinski definition) is 1. The topological polar surface area (TPSA) is 75.0 Å². The molecular weight excluding hydrogens is 396 g/mol. The van der Waals surface area contributed by atoms with E-state index in [-0.39, 0.29) is 0 Å². The predicted molar refractivity (Wildman–Crippen MR) is 122 cm³/mol. The minimum atomic E-state index is 0.565. The van der Waals surface area contributed by atoms with E-state index in [1.807, 2.05) is 43.3 Å². The van der Waals surface area contributed by atoms with Crippen molar-refractivity contribution in [3.8, 4) is 0 Å². The van der Waals surface area contributed by atoms with Crippen molar-refractivity contribution in [1.29, 1.82) is 0 Å². The zero-order chi connectivity index (χ0) is 22.3. The van der Waals surface area contributed by atoms with Gasteiger partial charge in [-0.3, -0.25) is 0 Å². The normalized spacial score (nSPS) is 11.2. The van der Waals surface area contributed by atoms with Gasteiger partial charge in [0.05, 0.1) is 59.9 Å². The number of aromatic nitrogens is 2. The first kappa shape index (κ1) is 25.1. The van der Waals surface area contributed by atoms with Gasteiger partial charge in [0.15, 0.2) is 0 Å². The van der Waals surface area contributed by atoms with Gasteiger partial charge in [-0.1, -0.05) is 0 Å².